The molecule has 4 aromatic rings. The summed E-state index contributed by atoms with van der Waals surface area (Å²) >= 11 is 0. The number of rotatable bonds is 5. The number of aryl methyl sites for hydroxylation is 1. The van der Waals surface area contributed by atoms with Crippen molar-refractivity contribution in [3.8, 4) is 11.1 Å². The number of fused-ring (bicyclic) bond motifs is 5. The Kier molecular flexibility index (Phi) is 8.24. The number of halogens is 1. The summed E-state index contributed by atoms with van der Waals surface area (Å²) < 4.78 is 21.9. The van der Waals surface area contributed by atoms with Crippen molar-refractivity contribution in [1.29, 1.82) is 0 Å². The Morgan fingerprint density at radius 2 is 1.78 bits per heavy atom. The van der Waals surface area contributed by atoms with Crippen molar-refractivity contribution < 1.29 is 23.8 Å². The first kappa shape index (κ1) is 28.5. The maximum absolute atomic E-state index is 14.4. The predicted molar refractivity (Wildman–Crippen MR) is 157 cm³/mol. The number of carbonyl (C=O) groups excluding carboxylic acids is 2. The van der Waals surface area contributed by atoms with Gasteiger partial charge in [-0.2, -0.15) is 0 Å². The number of hydrogen-bond donors (Lipinski definition) is 1. The molecule has 0 unspecified atom stereocenters. The maximum atomic E-state index is 14.4. The van der Waals surface area contributed by atoms with Crippen LogP contribution < -0.4 is 0 Å². The molecule has 0 fully saturated rings. The van der Waals surface area contributed by atoms with E-state index >= 15 is 0 Å². The Balaban J connectivity index is 1.58. The van der Waals surface area contributed by atoms with E-state index in [-0.39, 0.29) is 37.5 Å². The first-order valence-corrected chi connectivity index (χ1v) is 13.9. The van der Waals surface area contributed by atoms with E-state index in [4.69, 9.17) is 4.74 Å². The largest absolute Gasteiger partial charge is 0.394 e. The summed E-state index contributed by atoms with van der Waals surface area (Å²) in [6.45, 7) is 4.52. The molecule has 2 heterocycles. The van der Waals surface area contributed by atoms with Gasteiger partial charge in [0.15, 0.2) is 0 Å². The number of carbonyl (C=O) groups is 2. The number of aliphatic hydroxyl groups excluding tert-OH is 1. The number of likely N-dealkylation sites (N-methyl/N-ethyl adjacent to an activating group) is 1. The van der Waals surface area contributed by atoms with Crippen molar-refractivity contribution in [2.24, 2.45) is 13.0 Å². The third kappa shape index (κ3) is 5.49. The minimum atomic E-state index is -0.439. The van der Waals surface area contributed by atoms with Crippen molar-refractivity contribution >= 4 is 22.7 Å². The van der Waals surface area contributed by atoms with Gasteiger partial charge in [0, 0.05) is 55.1 Å². The van der Waals surface area contributed by atoms with Crippen molar-refractivity contribution in [3.05, 3.63) is 95.4 Å². The second-order valence-electron chi connectivity index (χ2n) is 11.0. The molecule has 1 aliphatic rings. The summed E-state index contributed by atoms with van der Waals surface area (Å²) in [6, 6.07) is 20.9. The van der Waals surface area contributed by atoms with E-state index in [9.17, 15) is 19.1 Å². The van der Waals surface area contributed by atoms with Crippen LogP contribution in [0, 0.1) is 11.7 Å². The molecule has 7 nitrogen and oxygen atoms in total. The first-order valence-electron chi connectivity index (χ1n) is 13.9. The number of amides is 2. The second kappa shape index (κ2) is 11.8. The van der Waals surface area contributed by atoms with Crippen LogP contribution in [0.1, 0.15) is 40.3 Å². The molecule has 0 radical (unpaired) electrons. The van der Waals surface area contributed by atoms with Gasteiger partial charge in [0.25, 0.3) is 11.8 Å². The molecule has 0 aliphatic carbocycles. The van der Waals surface area contributed by atoms with Gasteiger partial charge in [-0.3, -0.25) is 9.59 Å². The third-order valence-electron chi connectivity index (χ3n) is 8.12. The Bertz CT molecular complexity index is 1560. The molecule has 0 saturated heterocycles. The molecule has 0 spiro atoms. The first-order chi connectivity index (χ1) is 19.7. The van der Waals surface area contributed by atoms with Crippen LogP contribution in [0.25, 0.3) is 22.0 Å². The molecule has 8 heteroatoms. The molecule has 0 saturated carbocycles. The van der Waals surface area contributed by atoms with Gasteiger partial charge < -0.3 is 24.2 Å². The van der Waals surface area contributed by atoms with E-state index < -0.39 is 18.0 Å². The van der Waals surface area contributed by atoms with E-state index in [1.165, 1.54) is 24.3 Å². The summed E-state index contributed by atoms with van der Waals surface area (Å²) in [6.07, 6.45) is -0.420. The lowest BCUT2D eigenvalue weighted by Gasteiger charge is -2.35. The summed E-state index contributed by atoms with van der Waals surface area (Å²) in [5, 5.41) is 11.1. The van der Waals surface area contributed by atoms with E-state index in [1.54, 1.807) is 16.8 Å². The zero-order valence-corrected chi connectivity index (χ0v) is 23.9. The van der Waals surface area contributed by atoms with Crippen molar-refractivity contribution in [2.75, 3.05) is 26.7 Å². The van der Waals surface area contributed by atoms with Crippen molar-refractivity contribution in [3.63, 3.8) is 0 Å². The number of nitrogens with zero attached hydrogens (tertiary/aromatic N) is 3. The van der Waals surface area contributed by atoms with Gasteiger partial charge >= 0.3 is 0 Å². The van der Waals surface area contributed by atoms with Crippen LogP contribution in [-0.2, 0) is 18.4 Å². The number of para-hydroxylation sites is 1. The predicted octanol–water partition coefficient (Wildman–Crippen LogP) is 5.11. The van der Waals surface area contributed by atoms with E-state index in [0.29, 0.717) is 17.8 Å². The molecule has 5 rings (SSSR count). The summed E-state index contributed by atoms with van der Waals surface area (Å²) in [5.74, 6) is -0.996. The lowest BCUT2D eigenvalue weighted by Crippen LogP contribution is -2.48. The summed E-state index contributed by atoms with van der Waals surface area (Å²) in [4.78, 5) is 30.9. The van der Waals surface area contributed by atoms with Crippen molar-refractivity contribution in [1.82, 2.24) is 14.4 Å². The highest BCUT2D eigenvalue weighted by atomic mass is 19.1. The highest BCUT2D eigenvalue weighted by Gasteiger charge is 2.34. The van der Waals surface area contributed by atoms with Gasteiger partial charge in [-0.25, -0.2) is 4.39 Å². The van der Waals surface area contributed by atoms with Gasteiger partial charge in [0.05, 0.1) is 25.4 Å². The highest BCUT2D eigenvalue weighted by molar-refractivity contribution is 6.10. The zero-order valence-electron chi connectivity index (χ0n) is 23.9. The van der Waals surface area contributed by atoms with Crippen LogP contribution in [0.5, 0.6) is 0 Å². The fourth-order valence-electron chi connectivity index (χ4n) is 5.69. The lowest BCUT2D eigenvalue weighted by molar-refractivity contribution is -0.0210. The molecule has 1 N–H and O–H groups in total. The number of ether oxygens (including phenoxy) is 1. The molecule has 1 aromatic heterocycles. The molecule has 214 valence electrons. The Hall–Kier alpha value is -4.01. The average Bonchev–Trinajstić information content (AvgIpc) is 3.28. The Morgan fingerprint density at radius 1 is 1.10 bits per heavy atom. The number of aliphatic hydroxyl groups is 1. The van der Waals surface area contributed by atoms with Gasteiger partial charge in [0.2, 0.25) is 0 Å². The smallest absolute Gasteiger partial charge is 0.271 e. The third-order valence-corrected chi connectivity index (χ3v) is 8.12. The number of aromatic nitrogens is 1. The maximum Gasteiger partial charge on any atom is 0.271 e. The summed E-state index contributed by atoms with van der Waals surface area (Å²) in [5.41, 5.74) is 4.59. The van der Waals surface area contributed by atoms with Crippen LogP contribution in [0.3, 0.4) is 0 Å². The standard InChI is InChI=1S/C33H36FN3O4/c1-21-17-37(22(2)19-38)33(40)31-30(27-11-7-8-12-28(27)36(31)4)26-10-6-5-9-24(26)20-41-29(21)18-35(3)32(39)23-13-15-25(34)16-14-23/h5-16,21-22,29,38H,17-20H2,1-4H3/t21-,22-,29-/m0/s1. The lowest BCUT2D eigenvalue weighted by atomic mass is 9.96. The number of hydrogen-bond acceptors (Lipinski definition) is 4. The molecule has 0 bridgehead atoms. The van der Waals surface area contributed by atoms with Gasteiger partial charge in [-0.05, 0) is 48.4 Å². The van der Waals surface area contributed by atoms with E-state index in [2.05, 4.69) is 0 Å². The minimum Gasteiger partial charge on any atom is -0.394 e. The highest BCUT2D eigenvalue weighted by Crippen LogP contribution is 2.38. The minimum absolute atomic E-state index is 0.168. The second-order valence-corrected chi connectivity index (χ2v) is 11.0. The summed E-state index contributed by atoms with van der Waals surface area (Å²) in [7, 11) is 3.60. The molecule has 3 atom stereocenters. The monoisotopic (exact) mass is 557 g/mol. The van der Waals surface area contributed by atoms with Crippen LogP contribution in [0.2, 0.25) is 0 Å². The molecular weight excluding hydrogens is 521 g/mol. The van der Waals surface area contributed by atoms with E-state index in [1.807, 2.05) is 74.0 Å². The van der Waals surface area contributed by atoms with E-state index in [0.717, 1.165) is 27.6 Å². The molecule has 41 heavy (non-hydrogen) atoms. The van der Waals surface area contributed by atoms with Crippen LogP contribution in [0.15, 0.2) is 72.8 Å². The van der Waals surface area contributed by atoms with Crippen LogP contribution >= 0.6 is 0 Å². The topological polar surface area (TPSA) is 75.0 Å². The Labute approximate surface area is 239 Å². The van der Waals surface area contributed by atoms with Crippen molar-refractivity contribution in [2.45, 2.75) is 32.6 Å². The molecular formula is C33H36FN3O4. The molecule has 1 aliphatic heterocycles. The van der Waals surface area contributed by atoms with Gasteiger partial charge in [-0.1, -0.05) is 49.4 Å². The van der Waals surface area contributed by atoms with Crippen LogP contribution in [-0.4, -0.2) is 70.2 Å². The number of benzene rings is 3. The normalized spacial score (nSPS) is 18.4. The fourth-order valence-corrected chi connectivity index (χ4v) is 5.69. The molecule has 2 amide bonds. The Morgan fingerprint density at radius 3 is 2.51 bits per heavy atom. The molecule has 3 aromatic carbocycles. The average molecular weight is 558 g/mol. The van der Waals surface area contributed by atoms with Gasteiger partial charge in [-0.15, -0.1) is 0 Å². The SMILES string of the molecule is C[C@H]1CN([C@@H](C)CO)C(=O)c2c(c3ccccc3n2C)-c2ccccc2CO[C@H]1CN(C)C(=O)c1ccc(F)cc1. The fraction of sp³-hybridized carbons (Fsp3) is 0.333. The zero-order chi connectivity index (χ0) is 29.3. The van der Waals surface area contributed by atoms with Crippen LogP contribution in [0.4, 0.5) is 4.39 Å². The quantitative estimate of drug-likeness (QED) is 0.370. The van der Waals surface area contributed by atoms with Gasteiger partial charge in [0.1, 0.15) is 11.5 Å².